The number of thioether (sulfide) groups is 1. The molecule has 5 nitrogen and oxygen atoms in total. The molecule has 1 unspecified atom stereocenters. The lowest BCUT2D eigenvalue weighted by molar-refractivity contribution is -0.126. The van der Waals surface area contributed by atoms with Crippen LogP contribution in [0.2, 0.25) is 0 Å². The summed E-state index contributed by atoms with van der Waals surface area (Å²) in [5.74, 6) is 1.69. The quantitative estimate of drug-likeness (QED) is 0.494. The van der Waals surface area contributed by atoms with Crippen LogP contribution in [0.4, 0.5) is 10.5 Å². The van der Waals surface area contributed by atoms with Crippen LogP contribution in [0.1, 0.15) is 18.4 Å². The third-order valence-electron chi connectivity index (χ3n) is 5.79. The molecule has 3 amide bonds. The van der Waals surface area contributed by atoms with Gasteiger partial charge in [0.15, 0.2) is 0 Å². The maximum atomic E-state index is 12.7. The number of carbonyl (C=O) groups is 2. The molecule has 1 aliphatic heterocycles. The average Bonchev–Trinajstić information content (AvgIpc) is 2.84. The highest BCUT2D eigenvalue weighted by Gasteiger charge is 2.28. The van der Waals surface area contributed by atoms with Crippen LogP contribution in [-0.2, 0) is 10.5 Å². The van der Waals surface area contributed by atoms with E-state index in [4.69, 9.17) is 0 Å². The summed E-state index contributed by atoms with van der Waals surface area (Å²) in [6.45, 7) is 1.79. The fraction of sp³-hybridized carbons (Fsp3) is 0.308. The molecule has 0 spiro atoms. The number of nitrogens with one attached hydrogen (secondary N) is 2. The largest absolute Gasteiger partial charge is 0.355 e. The molecule has 3 aromatic carbocycles. The van der Waals surface area contributed by atoms with Gasteiger partial charge >= 0.3 is 6.03 Å². The van der Waals surface area contributed by atoms with Gasteiger partial charge < -0.3 is 15.5 Å². The first-order chi connectivity index (χ1) is 15.7. The molecule has 4 rings (SSSR count). The predicted molar refractivity (Wildman–Crippen MR) is 133 cm³/mol. The number of carbonyl (C=O) groups excluding carboxylic acids is 2. The number of rotatable bonds is 7. The summed E-state index contributed by atoms with van der Waals surface area (Å²) in [6.07, 6.45) is 1.67. The topological polar surface area (TPSA) is 61.4 Å². The van der Waals surface area contributed by atoms with Gasteiger partial charge in [-0.1, -0.05) is 60.7 Å². The molecule has 6 heteroatoms. The number of urea groups is 1. The molecule has 0 bridgehead atoms. The van der Waals surface area contributed by atoms with E-state index in [1.807, 2.05) is 42.1 Å². The van der Waals surface area contributed by atoms with Crippen molar-refractivity contribution in [3.8, 4) is 0 Å². The lowest BCUT2D eigenvalue weighted by Crippen LogP contribution is -2.47. The Morgan fingerprint density at radius 1 is 0.969 bits per heavy atom. The first-order valence-electron chi connectivity index (χ1n) is 11.1. The molecule has 2 N–H and O–H groups in total. The minimum atomic E-state index is -0.145. The highest BCUT2D eigenvalue weighted by atomic mass is 32.2. The minimum Gasteiger partial charge on any atom is -0.355 e. The number of nitrogens with zero attached hydrogens (tertiary/aromatic N) is 1. The molecule has 166 valence electrons. The van der Waals surface area contributed by atoms with Crippen LogP contribution in [0.25, 0.3) is 10.8 Å². The standard InChI is InChI=1S/C26H29N3O2S/c30-25(21-11-7-16-29(18-21)26(31)28-23-12-2-1-3-13-23)27-15-17-32-19-22-10-6-9-20-8-4-5-14-24(20)22/h1-6,8-10,12-14,21H,7,11,15-19H2,(H,27,30)(H,28,31). The zero-order valence-corrected chi connectivity index (χ0v) is 18.9. The summed E-state index contributed by atoms with van der Waals surface area (Å²) >= 11 is 1.83. The molecule has 1 aliphatic rings. The van der Waals surface area contributed by atoms with E-state index in [9.17, 15) is 9.59 Å². The number of hydrogen-bond acceptors (Lipinski definition) is 3. The zero-order valence-electron chi connectivity index (χ0n) is 18.1. The van der Waals surface area contributed by atoms with Gasteiger partial charge in [-0.3, -0.25) is 4.79 Å². The van der Waals surface area contributed by atoms with Gasteiger partial charge in [-0.15, -0.1) is 0 Å². The summed E-state index contributed by atoms with van der Waals surface area (Å²) in [5.41, 5.74) is 2.10. The van der Waals surface area contributed by atoms with E-state index in [-0.39, 0.29) is 17.9 Å². The first-order valence-corrected chi connectivity index (χ1v) is 12.3. The molecule has 0 aliphatic carbocycles. The van der Waals surface area contributed by atoms with E-state index in [2.05, 4.69) is 53.1 Å². The van der Waals surface area contributed by atoms with Crippen LogP contribution < -0.4 is 10.6 Å². The number of amides is 3. The summed E-state index contributed by atoms with van der Waals surface area (Å²) in [5, 5.41) is 8.53. The van der Waals surface area contributed by atoms with Gasteiger partial charge in [0.25, 0.3) is 0 Å². The minimum absolute atomic E-state index is 0.0490. The highest BCUT2D eigenvalue weighted by Crippen LogP contribution is 2.23. The predicted octanol–water partition coefficient (Wildman–Crippen LogP) is 5.13. The lowest BCUT2D eigenvalue weighted by atomic mass is 9.97. The first kappa shape index (κ1) is 22.2. The molecule has 1 atom stereocenters. The number of likely N-dealkylation sites (tertiary alicyclic amines) is 1. The molecule has 1 heterocycles. The van der Waals surface area contributed by atoms with Crippen molar-refractivity contribution in [3.63, 3.8) is 0 Å². The Balaban J connectivity index is 1.19. The summed E-state index contributed by atoms with van der Waals surface area (Å²) in [4.78, 5) is 26.9. The maximum Gasteiger partial charge on any atom is 0.321 e. The third-order valence-corrected chi connectivity index (χ3v) is 6.80. The van der Waals surface area contributed by atoms with Crippen molar-refractivity contribution in [1.82, 2.24) is 10.2 Å². The van der Waals surface area contributed by atoms with Gasteiger partial charge in [0.1, 0.15) is 0 Å². The Kier molecular flexibility index (Phi) is 7.67. The molecule has 0 radical (unpaired) electrons. The van der Waals surface area contributed by atoms with Gasteiger partial charge in [-0.2, -0.15) is 11.8 Å². The summed E-state index contributed by atoms with van der Waals surface area (Å²) in [6, 6.07) is 24.1. The van der Waals surface area contributed by atoms with E-state index >= 15 is 0 Å². The van der Waals surface area contributed by atoms with Crippen molar-refractivity contribution in [1.29, 1.82) is 0 Å². The molecular formula is C26H29N3O2S. The van der Waals surface area contributed by atoms with Crippen molar-refractivity contribution < 1.29 is 9.59 Å². The number of piperidine rings is 1. The van der Waals surface area contributed by atoms with Crippen LogP contribution in [0.15, 0.2) is 72.8 Å². The van der Waals surface area contributed by atoms with Crippen molar-refractivity contribution in [3.05, 3.63) is 78.4 Å². The lowest BCUT2D eigenvalue weighted by Gasteiger charge is -2.32. The van der Waals surface area contributed by atoms with Crippen LogP contribution >= 0.6 is 11.8 Å². The normalized spacial score (nSPS) is 16.0. The van der Waals surface area contributed by atoms with Crippen molar-refractivity contribution in [2.45, 2.75) is 18.6 Å². The van der Waals surface area contributed by atoms with Crippen LogP contribution in [-0.4, -0.2) is 42.2 Å². The molecule has 32 heavy (non-hydrogen) atoms. The molecule has 0 aromatic heterocycles. The number of hydrogen-bond donors (Lipinski definition) is 2. The second kappa shape index (κ2) is 11.0. The van der Waals surface area contributed by atoms with Crippen molar-refractivity contribution in [2.75, 3.05) is 30.7 Å². The van der Waals surface area contributed by atoms with Crippen LogP contribution in [0.3, 0.4) is 0 Å². The summed E-state index contributed by atoms with van der Waals surface area (Å²) < 4.78 is 0. The third kappa shape index (κ3) is 5.82. The fourth-order valence-corrected chi connectivity index (χ4v) is 4.95. The highest BCUT2D eigenvalue weighted by molar-refractivity contribution is 7.98. The molecule has 0 saturated carbocycles. The van der Waals surface area contributed by atoms with Gasteiger partial charge in [0, 0.05) is 36.8 Å². The van der Waals surface area contributed by atoms with E-state index in [0.29, 0.717) is 19.6 Å². The van der Waals surface area contributed by atoms with E-state index < -0.39 is 0 Å². The van der Waals surface area contributed by atoms with E-state index in [0.717, 1.165) is 30.0 Å². The number of fused-ring (bicyclic) bond motifs is 1. The fourth-order valence-electron chi connectivity index (χ4n) is 4.09. The second-order valence-corrected chi connectivity index (χ2v) is 9.17. The van der Waals surface area contributed by atoms with E-state index in [1.165, 1.54) is 16.3 Å². The van der Waals surface area contributed by atoms with Crippen LogP contribution in [0.5, 0.6) is 0 Å². The smallest absolute Gasteiger partial charge is 0.321 e. The van der Waals surface area contributed by atoms with Crippen LogP contribution in [0, 0.1) is 5.92 Å². The molecular weight excluding hydrogens is 418 g/mol. The van der Waals surface area contributed by atoms with Crippen molar-refractivity contribution >= 4 is 40.2 Å². The number of para-hydroxylation sites is 1. The maximum absolute atomic E-state index is 12.7. The van der Waals surface area contributed by atoms with Gasteiger partial charge in [0.05, 0.1) is 5.92 Å². The Morgan fingerprint density at radius 3 is 2.62 bits per heavy atom. The Hall–Kier alpha value is -2.99. The number of benzene rings is 3. The number of anilines is 1. The second-order valence-electron chi connectivity index (χ2n) is 8.06. The summed E-state index contributed by atoms with van der Waals surface area (Å²) in [7, 11) is 0. The average molecular weight is 448 g/mol. The Morgan fingerprint density at radius 2 is 1.75 bits per heavy atom. The zero-order chi connectivity index (χ0) is 22.2. The molecule has 3 aromatic rings. The van der Waals surface area contributed by atoms with Gasteiger partial charge in [-0.25, -0.2) is 4.79 Å². The molecule has 1 fully saturated rings. The Labute approximate surface area is 193 Å². The van der Waals surface area contributed by atoms with Gasteiger partial charge in [-0.05, 0) is 41.3 Å². The molecule has 1 saturated heterocycles. The Bertz CT molecular complexity index is 1050. The van der Waals surface area contributed by atoms with Gasteiger partial charge in [0.2, 0.25) is 5.91 Å². The van der Waals surface area contributed by atoms with E-state index in [1.54, 1.807) is 4.90 Å². The monoisotopic (exact) mass is 447 g/mol. The van der Waals surface area contributed by atoms with Crippen molar-refractivity contribution in [2.24, 2.45) is 5.92 Å². The SMILES string of the molecule is O=C(NCCSCc1cccc2ccccc12)C1CCCN(C(=O)Nc2ccccc2)C1.